The largest absolute Gasteiger partial charge is 0.465 e. The highest BCUT2D eigenvalue weighted by Gasteiger charge is 2.44. The Bertz CT molecular complexity index is 848. The third kappa shape index (κ3) is 6.28. The van der Waals surface area contributed by atoms with E-state index in [1.165, 1.54) is 26.0 Å². The van der Waals surface area contributed by atoms with E-state index < -0.39 is 35.8 Å². The SMILES string of the molecule is C=C(C)C(=O)C(O)(Cc1cc(CNC(=O)O)ccc1CNC(=O)O)C(=O)C(=C)C. The third-order valence-corrected chi connectivity index (χ3v) is 4.12. The van der Waals surface area contributed by atoms with E-state index in [1.807, 2.05) is 0 Å². The van der Waals surface area contributed by atoms with E-state index in [1.54, 1.807) is 6.07 Å². The Hall–Kier alpha value is -3.46. The van der Waals surface area contributed by atoms with Crippen molar-refractivity contribution in [1.82, 2.24) is 10.6 Å². The van der Waals surface area contributed by atoms with Crippen LogP contribution in [-0.4, -0.2) is 44.7 Å². The van der Waals surface area contributed by atoms with E-state index in [-0.39, 0.29) is 24.2 Å². The minimum Gasteiger partial charge on any atom is -0.465 e. The number of rotatable bonds is 10. The molecule has 9 heteroatoms. The Balaban J connectivity index is 3.44. The van der Waals surface area contributed by atoms with Crippen LogP contribution in [0.15, 0.2) is 42.5 Å². The molecule has 1 aromatic carbocycles. The number of carbonyl (C=O) groups is 4. The molecule has 2 amide bonds. The van der Waals surface area contributed by atoms with Crippen LogP contribution in [0.5, 0.6) is 0 Å². The maximum atomic E-state index is 12.6. The lowest BCUT2D eigenvalue weighted by Gasteiger charge is -2.27. The summed E-state index contributed by atoms with van der Waals surface area (Å²) in [6.07, 6.45) is -2.98. The Morgan fingerprint density at radius 1 is 0.897 bits per heavy atom. The Morgan fingerprint density at radius 2 is 1.38 bits per heavy atom. The first-order chi connectivity index (χ1) is 13.4. The van der Waals surface area contributed by atoms with Crippen molar-refractivity contribution < 1.29 is 34.5 Å². The molecule has 29 heavy (non-hydrogen) atoms. The van der Waals surface area contributed by atoms with Gasteiger partial charge >= 0.3 is 12.2 Å². The third-order valence-electron chi connectivity index (χ3n) is 4.12. The van der Waals surface area contributed by atoms with E-state index in [0.29, 0.717) is 16.7 Å². The fourth-order valence-corrected chi connectivity index (χ4v) is 2.72. The molecule has 0 fully saturated rings. The van der Waals surface area contributed by atoms with Crippen LogP contribution < -0.4 is 10.6 Å². The molecule has 0 saturated heterocycles. The first kappa shape index (κ1) is 23.6. The second kappa shape index (κ2) is 9.65. The van der Waals surface area contributed by atoms with Crippen molar-refractivity contribution in [2.24, 2.45) is 0 Å². The van der Waals surface area contributed by atoms with Crippen LogP contribution in [0.25, 0.3) is 0 Å². The Morgan fingerprint density at radius 3 is 1.83 bits per heavy atom. The normalized spacial score (nSPS) is 10.7. The van der Waals surface area contributed by atoms with Crippen molar-refractivity contribution in [3.05, 3.63) is 59.2 Å². The topological polar surface area (TPSA) is 153 Å². The van der Waals surface area contributed by atoms with Gasteiger partial charge in [0.15, 0.2) is 17.2 Å². The van der Waals surface area contributed by atoms with Crippen LogP contribution in [0.2, 0.25) is 0 Å². The molecule has 0 bridgehead atoms. The molecule has 156 valence electrons. The molecule has 0 aliphatic carbocycles. The quantitative estimate of drug-likeness (QED) is 0.294. The summed E-state index contributed by atoms with van der Waals surface area (Å²) in [5, 5.41) is 33.0. The number of benzene rings is 1. The highest BCUT2D eigenvalue weighted by molar-refractivity contribution is 6.21. The van der Waals surface area contributed by atoms with Gasteiger partial charge in [0.1, 0.15) is 0 Å². The van der Waals surface area contributed by atoms with E-state index >= 15 is 0 Å². The van der Waals surface area contributed by atoms with Gasteiger partial charge in [-0.3, -0.25) is 9.59 Å². The molecular weight excluding hydrogens is 380 g/mol. The fourth-order valence-electron chi connectivity index (χ4n) is 2.72. The lowest BCUT2D eigenvalue weighted by atomic mass is 9.80. The number of hydrogen-bond donors (Lipinski definition) is 5. The van der Waals surface area contributed by atoms with Gasteiger partial charge in [-0.05, 0) is 41.7 Å². The predicted octanol–water partition coefficient (Wildman–Crippen LogP) is 1.79. The van der Waals surface area contributed by atoms with E-state index in [2.05, 4.69) is 23.8 Å². The smallest absolute Gasteiger partial charge is 0.404 e. The van der Waals surface area contributed by atoms with Crippen LogP contribution in [0.1, 0.15) is 30.5 Å². The van der Waals surface area contributed by atoms with Gasteiger partial charge in [0.25, 0.3) is 0 Å². The summed E-state index contributed by atoms with van der Waals surface area (Å²) in [5.74, 6) is -1.76. The van der Waals surface area contributed by atoms with Crippen molar-refractivity contribution in [3.63, 3.8) is 0 Å². The molecule has 0 spiro atoms. The first-order valence-corrected chi connectivity index (χ1v) is 8.55. The predicted molar refractivity (Wildman–Crippen MR) is 104 cm³/mol. The second-order valence-electron chi connectivity index (χ2n) is 6.68. The molecule has 1 aromatic rings. The molecule has 1 rings (SSSR count). The summed E-state index contributed by atoms with van der Waals surface area (Å²) in [5.41, 5.74) is -1.32. The summed E-state index contributed by atoms with van der Waals surface area (Å²) in [6.45, 7) is 9.51. The van der Waals surface area contributed by atoms with E-state index in [9.17, 15) is 24.3 Å². The van der Waals surface area contributed by atoms with Crippen molar-refractivity contribution in [3.8, 4) is 0 Å². The number of amides is 2. The van der Waals surface area contributed by atoms with Crippen molar-refractivity contribution in [1.29, 1.82) is 0 Å². The van der Waals surface area contributed by atoms with Crippen LogP contribution in [-0.2, 0) is 29.1 Å². The van der Waals surface area contributed by atoms with Crippen molar-refractivity contribution >= 4 is 23.8 Å². The molecule has 0 atom stereocenters. The highest BCUT2D eigenvalue weighted by atomic mass is 16.4. The first-order valence-electron chi connectivity index (χ1n) is 8.55. The molecule has 0 unspecified atom stereocenters. The number of carboxylic acid groups (broad SMARTS) is 2. The van der Waals surface area contributed by atoms with Gasteiger partial charge in [0, 0.05) is 19.5 Å². The molecule has 0 heterocycles. The second-order valence-corrected chi connectivity index (χ2v) is 6.68. The maximum Gasteiger partial charge on any atom is 0.404 e. The molecule has 0 aliphatic heterocycles. The summed E-state index contributed by atoms with van der Waals surface area (Å²) in [6, 6.07) is 4.59. The minimum absolute atomic E-state index is 0.0315. The molecule has 0 aromatic heterocycles. The average Bonchev–Trinajstić information content (AvgIpc) is 2.63. The molecule has 0 saturated carbocycles. The lowest BCUT2D eigenvalue weighted by molar-refractivity contribution is -0.145. The Labute approximate surface area is 167 Å². The molecule has 0 aliphatic rings. The van der Waals surface area contributed by atoms with Crippen LogP contribution >= 0.6 is 0 Å². The summed E-state index contributed by atoms with van der Waals surface area (Å²) < 4.78 is 0. The zero-order valence-electron chi connectivity index (χ0n) is 16.2. The van der Waals surface area contributed by atoms with E-state index in [4.69, 9.17) is 10.2 Å². The molecule has 9 nitrogen and oxygen atoms in total. The highest BCUT2D eigenvalue weighted by Crippen LogP contribution is 2.25. The van der Waals surface area contributed by atoms with Crippen molar-refractivity contribution in [2.45, 2.75) is 39.0 Å². The number of ketones is 2. The number of carbonyl (C=O) groups excluding carboxylic acids is 2. The van der Waals surface area contributed by atoms with Gasteiger partial charge in [-0.2, -0.15) is 0 Å². The molecular formula is C20H24N2O7. The average molecular weight is 404 g/mol. The van der Waals surface area contributed by atoms with Crippen molar-refractivity contribution in [2.75, 3.05) is 0 Å². The van der Waals surface area contributed by atoms with Gasteiger partial charge in [-0.25, -0.2) is 9.59 Å². The summed E-state index contributed by atoms with van der Waals surface area (Å²) in [4.78, 5) is 46.7. The van der Waals surface area contributed by atoms with Gasteiger partial charge in [-0.15, -0.1) is 0 Å². The number of hydrogen-bond acceptors (Lipinski definition) is 5. The molecule has 5 N–H and O–H groups in total. The fraction of sp³-hybridized carbons (Fsp3) is 0.300. The maximum absolute atomic E-state index is 12.6. The van der Waals surface area contributed by atoms with E-state index in [0.717, 1.165) is 0 Å². The number of nitrogens with one attached hydrogen (secondary N) is 2. The van der Waals surface area contributed by atoms with Gasteiger partial charge < -0.3 is 26.0 Å². The Kier molecular flexibility index (Phi) is 7.85. The molecule has 0 radical (unpaired) electrons. The lowest BCUT2D eigenvalue weighted by Crippen LogP contribution is -2.49. The number of Topliss-reactive ketones (excluding diaryl/α,β-unsaturated/α-hetero) is 2. The van der Waals surface area contributed by atoms with Crippen LogP contribution in [0.4, 0.5) is 9.59 Å². The zero-order valence-corrected chi connectivity index (χ0v) is 16.2. The minimum atomic E-state index is -2.46. The zero-order chi connectivity index (χ0) is 22.4. The van der Waals surface area contributed by atoms with Gasteiger partial charge in [-0.1, -0.05) is 31.4 Å². The summed E-state index contributed by atoms with van der Waals surface area (Å²) >= 11 is 0. The van der Waals surface area contributed by atoms with Crippen LogP contribution in [0, 0.1) is 0 Å². The summed E-state index contributed by atoms with van der Waals surface area (Å²) in [7, 11) is 0. The monoisotopic (exact) mass is 404 g/mol. The van der Waals surface area contributed by atoms with Gasteiger partial charge in [0.05, 0.1) is 0 Å². The van der Waals surface area contributed by atoms with Crippen LogP contribution in [0.3, 0.4) is 0 Å². The van der Waals surface area contributed by atoms with Gasteiger partial charge in [0.2, 0.25) is 0 Å². The number of aliphatic hydroxyl groups is 1. The standard InChI is InChI=1S/C20H24N2O7/c1-11(2)16(23)20(29,17(24)12(3)4)8-15-7-13(9-21-18(25)26)5-6-14(15)10-22-19(27)28/h5-7,21-22,29H,1,3,8-10H2,2,4H3,(H,25,26)(H,27,28).